The zero-order chi connectivity index (χ0) is 10.8. The number of ether oxygens (including phenoxy) is 1. The lowest BCUT2D eigenvalue weighted by atomic mass is 10.2. The highest BCUT2D eigenvalue weighted by Gasteiger charge is 2.31. The van der Waals surface area contributed by atoms with Crippen LogP contribution in [0.4, 0.5) is 0 Å². The third-order valence-electron chi connectivity index (χ3n) is 1.46. The molecule has 1 aromatic rings. The van der Waals surface area contributed by atoms with Gasteiger partial charge in [0.15, 0.2) is 0 Å². The van der Waals surface area contributed by atoms with E-state index >= 15 is 0 Å². The van der Waals surface area contributed by atoms with Gasteiger partial charge in [-0.15, -0.1) is 0 Å². The summed E-state index contributed by atoms with van der Waals surface area (Å²) >= 11 is 23.0. The molecule has 0 heterocycles. The highest BCUT2D eigenvalue weighted by molar-refractivity contribution is 6.49. The van der Waals surface area contributed by atoms with Gasteiger partial charge in [0.25, 0.3) is 11.0 Å². The Labute approximate surface area is 101 Å². The molecule has 0 N–H and O–H groups in total. The first-order valence-electron chi connectivity index (χ1n) is 3.43. The normalized spacial score (nSPS) is 11.1. The molecule has 0 spiro atoms. The summed E-state index contributed by atoms with van der Waals surface area (Å²) in [7, 11) is 0. The van der Waals surface area contributed by atoms with Crippen LogP contribution in [-0.2, 0) is 14.1 Å². The second-order valence-corrected chi connectivity index (χ2v) is 4.38. The maximum absolute atomic E-state index is 10.1. The lowest BCUT2D eigenvalue weighted by Crippen LogP contribution is -2.15. The molecular formula is C8H4Cl4O2. The summed E-state index contributed by atoms with van der Waals surface area (Å²) in [4.78, 5) is 10.1. The average molecular weight is 274 g/mol. The van der Waals surface area contributed by atoms with Gasteiger partial charge < -0.3 is 4.74 Å². The average Bonchev–Trinajstić information content (AvgIpc) is 2.09. The van der Waals surface area contributed by atoms with Gasteiger partial charge >= 0.3 is 0 Å². The third-order valence-corrected chi connectivity index (χ3v) is 2.87. The van der Waals surface area contributed by atoms with Gasteiger partial charge in [0.2, 0.25) is 0 Å². The van der Waals surface area contributed by atoms with Gasteiger partial charge in [-0.05, 0) is 6.07 Å². The van der Waals surface area contributed by atoms with Crippen LogP contribution in [0.1, 0.15) is 5.56 Å². The second kappa shape index (κ2) is 4.58. The van der Waals surface area contributed by atoms with Crippen molar-refractivity contribution in [2.75, 3.05) is 0 Å². The molecule has 0 amide bonds. The molecule has 0 atom stereocenters. The van der Waals surface area contributed by atoms with Crippen molar-refractivity contribution in [2.24, 2.45) is 0 Å². The van der Waals surface area contributed by atoms with E-state index in [2.05, 4.69) is 4.74 Å². The van der Waals surface area contributed by atoms with Crippen molar-refractivity contribution in [1.29, 1.82) is 0 Å². The lowest BCUT2D eigenvalue weighted by Gasteiger charge is -2.18. The van der Waals surface area contributed by atoms with Crippen LogP contribution in [0.15, 0.2) is 18.2 Å². The smallest absolute Gasteiger partial charge is 0.295 e. The molecule has 0 saturated carbocycles. The van der Waals surface area contributed by atoms with Gasteiger partial charge in [-0.25, -0.2) is 0 Å². The minimum Gasteiger partial charge on any atom is -0.426 e. The molecule has 0 aromatic heterocycles. The lowest BCUT2D eigenvalue weighted by molar-refractivity contribution is -0.132. The van der Waals surface area contributed by atoms with Crippen molar-refractivity contribution in [3.05, 3.63) is 33.8 Å². The monoisotopic (exact) mass is 272 g/mol. The maximum Gasteiger partial charge on any atom is 0.295 e. The van der Waals surface area contributed by atoms with E-state index in [1.54, 1.807) is 12.1 Å². The van der Waals surface area contributed by atoms with Crippen molar-refractivity contribution in [2.45, 2.75) is 4.52 Å². The van der Waals surface area contributed by atoms with E-state index in [9.17, 15) is 4.79 Å². The van der Waals surface area contributed by atoms with Gasteiger partial charge in [0.05, 0.1) is 10.0 Å². The molecule has 0 aliphatic rings. The van der Waals surface area contributed by atoms with Crippen LogP contribution in [-0.4, -0.2) is 6.47 Å². The van der Waals surface area contributed by atoms with E-state index < -0.39 is 4.52 Å². The van der Waals surface area contributed by atoms with E-state index in [1.807, 2.05) is 0 Å². The first-order valence-corrected chi connectivity index (χ1v) is 4.94. The van der Waals surface area contributed by atoms with E-state index in [0.717, 1.165) is 0 Å². The number of benzene rings is 1. The van der Waals surface area contributed by atoms with Gasteiger partial charge in [-0.2, -0.15) is 0 Å². The summed E-state index contributed by atoms with van der Waals surface area (Å²) < 4.78 is 2.64. The van der Waals surface area contributed by atoms with Crippen LogP contribution in [0, 0.1) is 0 Å². The minimum atomic E-state index is -1.82. The Morgan fingerprint density at radius 3 is 2.50 bits per heavy atom. The largest absolute Gasteiger partial charge is 0.426 e. The van der Waals surface area contributed by atoms with Crippen molar-refractivity contribution < 1.29 is 9.53 Å². The second-order valence-electron chi connectivity index (χ2n) is 2.33. The van der Waals surface area contributed by atoms with E-state index in [0.29, 0.717) is 0 Å². The number of rotatable bonds is 3. The summed E-state index contributed by atoms with van der Waals surface area (Å²) in [5.41, 5.74) is 0.224. The summed E-state index contributed by atoms with van der Waals surface area (Å²) in [5, 5.41) is 0.436. The van der Waals surface area contributed by atoms with E-state index in [1.165, 1.54) is 6.07 Å². The van der Waals surface area contributed by atoms with Gasteiger partial charge in [0.1, 0.15) is 0 Å². The molecule has 14 heavy (non-hydrogen) atoms. The standard InChI is InChI=1S/C8H4Cl4O2/c9-6-3-1-2-5(7(6)10)8(11,12)14-4-13/h1-4H. The van der Waals surface area contributed by atoms with Crippen LogP contribution >= 0.6 is 46.4 Å². The number of alkyl halides is 2. The first-order chi connectivity index (χ1) is 6.49. The molecule has 0 bridgehead atoms. The molecule has 1 rings (SSSR count). The van der Waals surface area contributed by atoms with Crippen molar-refractivity contribution in [3.63, 3.8) is 0 Å². The molecule has 0 radical (unpaired) electrons. The summed E-state index contributed by atoms with van der Waals surface area (Å²) in [6, 6.07) is 4.67. The summed E-state index contributed by atoms with van der Waals surface area (Å²) in [6.07, 6.45) is 0. The van der Waals surface area contributed by atoms with E-state index in [-0.39, 0.29) is 22.1 Å². The topological polar surface area (TPSA) is 26.3 Å². The van der Waals surface area contributed by atoms with Crippen molar-refractivity contribution in [1.82, 2.24) is 0 Å². The highest BCUT2D eigenvalue weighted by Crippen LogP contribution is 2.40. The summed E-state index contributed by atoms with van der Waals surface area (Å²) in [6.45, 7) is 0.136. The third kappa shape index (κ3) is 2.45. The number of carbonyl (C=O) groups excluding carboxylic acids is 1. The Morgan fingerprint density at radius 2 is 1.93 bits per heavy atom. The molecular weight excluding hydrogens is 270 g/mol. The van der Waals surface area contributed by atoms with Crippen LogP contribution in [0.5, 0.6) is 0 Å². The highest BCUT2D eigenvalue weighted by atomic mass is 35.5. The van der Waals surface area contributed by atoms with Gasteiger partial charge in [-0.1, -0.05) is 58.5 Å². The first kappa shape index (κ1) is 11.9. The Kier molecular flexibility index (Phi) is 3.90. The molecule has 0 fully saturated rings. The van der Waals surface area contributed by atoms with Crippen LogP contribution in [0.3, 0.4) is 0 Å². The minimum absolute atomic E-state index is 0.136. The molecule has 0 unspecified atom stereocenters. The fourth-order valence-corrected chi connectivity index (χ4v) is 1.77. The quantitative estimate of drug-likeness (QED) is 0.619. The molecule has 2 nitrogen and oxygen atoms in total. The van der Waals surface area contributed by atoms with E-state index in [4.69, 9.17) is 46.4 Å². The van der Waals surface area contributed by atoms with Gasteiger partial charge in [-0.3, -0.25) is 4.79 Å². The number of halogens is 4. The van der Waals surface area contributed by atoms with Crippen LogP contribution < -0.4 is 0 Å². The molecule has 0 aliphatic heterocycles. The Morgan fingerprint density at radius 1 is 1.29 bits per heavy atom. The molecule has 76 valence electrons. The molecule has 6 heteroatoms. The van der Waals surface area contributed by atoms with Crippen molar-refractivity contribution in [3.8, 4) is 0 Å². The van der Waals surface area contributed by atoms with Crippen LogP contribution in [0.25, 0.3) is 0 Å². The number of hydrogen-bond donors (Lipinski definition) is 0. The Bertz CT molecular complexity index is 351. The number of hydrogen-bond acceptors (Lipinski definition) is 2. The fourth-order valence-electron chi connectivity index (χ4n) is 0.852. The number of carbonyl (C=O) groups is 1. The SMILES string of the molecule is O=COC(Cl)(Cl)c1cccc(Cl)c1Cl. The molecule has 0 aliphatic carbocycles. The zero-order valence-electron chi connectivity index (χ0n) is 6.64. The predicted molar refractivity (Wildman–Crippen MR) is 57.0 cm³/mol. The fraction of sp³-hybridized carbons (Fsp3) is 0.125. The molecule has 1 aromatic carbocycles. The summed E-state index contributed by atoms with van der Waals surface area (Å²) in [5.74, 6) is 0. The van der Waals surface area contributed by atoms with Gasteiger partial charge in [0, 0.05) is 5.56 Å². The predicted octanol–water partition coefficient (Wildman–Crippen LogP) is 3.75. The molecule has 0 saturated heterocycles. The van der Waals surface area contributed by atoms with Crippen molar-refractivity contribution >= 4 is 52.9 Å². The van der Waals surface area contributed by atoms with Crippen LogP contribution in [0.2, 0.25) is 10.0 Å². The Balaban J connectivity index is 3.18. The maximum atomic E-state index is 10.1. The zero-order valence-corrected chi connectivity index (χ0v) is 9.66. The Hall–Kier alpha value is -0.150.